The number of morpholine rings is 1. The average molecular weight is 294 g/mol. The molecular formula is C13H18N4O2S. The molecule has 20 heavy (non-hydrogen) atoms. The maximum atomic E-state index is 12.2. The molecule has 1 aromatic rings. The van der Waals surface area contributed by atoms with Crippen molar-refractivity contribution in [2.75, 3.05) is 36.9 Å². The Labute approximate surface area is 122 Å². The van der Waals surface area contributed by atoms with Crippen LogP contribution in [0.2, 0.25) is 0 Å². The Kier molecular flexibility index (Phi) is 4.16. The van der Waals surface area contributed by atoms with E-state index in [0.29, 0.717) is 18.1 Å². The van der Waals surface area contributed by atoms with Crippen LogP contribution in [0.1, 0.15) is 23.5 Å². The summed E-state index contributed by atoms with van der Waals surface area (Å²) in [6, 6.07) is 0. The highest BCUT2D eigenvalue weighted by atomic mass is 32.1. The second kappa shape index (κ2) is 5.69. The maximum Gasteiger partial charge on any atom is 0.266 e. The van der Waals surface area contributed by atoms with E-state index < -0.39 is 5.54 Å². The molecule has 1 fully saturated rings. The lowest BCUT2D eigenvalue weighted by atomic mass is 10.1. The highest BCUT2D eigenvalue weighted by Gasteiger charge is 2.24. The lowest BCUT2D eigenvalue weighted by molar-refractivity contribution is 0.0934. The predicted octanol–water partition coefficient (Wildman–Crippen LogP) is 0.704. The van der Waals surface area contributed by atoms with Crippen molar-refractivity contribution in [3.05, 3.63) is 4.88 Å². The fourth-order valence-electron chi connectivity index (χ4n) is 1.75. The Morgan fingerprint density at radius 1 is 1.55 bits per heavy atom. The van der Waals surface area contributed by atoms with Gasteiger partial charge < -0.3 is 20.7 Å². The summed E-state index contributed by atoms with van der Waals surface area (Å²) in [6.45, 7) is 6.33. The van der Waals surface area contributed by atoms with E-state index in [0.717, 1.165) is 18.2 Å². The third kappa shape index (κ3) is 3.21. The smallest absolute Gasteiger partial charge is 0.266 e. The van der Waals surface area contributed by atoms with Gasteiger partial charge in [-0.25, -0.2) is 4.98 Å². The third-order valence-electron chi connectivity index (χ3n) is 2.92. The summed E-state index contributed by atoms with van der Waals surface area (Å²) in [6.07, 6.45) is 5.36. The van der Waals surface area contributed by atoms with Gasteiger partial charge in [0.05, 0.1) is 18.8 Å². The van der Waals surface area contributed by atoms with E-state index in [1.54, 1.807) is 13.8 Å². The zero-order valence-corrected chi connectivity index (χ0v) is 12.4. The number of hydrogen-bond acceptors (Lipinski definition) is 6. The van der Waals surface area contributed by atoms with Crippen LogP contribution in [0.25, 0.3) is 0 Å². The number of thiazole rings is 1. The molecule has 0 unspecified atom stereocenters. The van der Waals surface area contributed by atoms with Gasteiger partial charge in [0.1, 0.15) is 10.7 Å². The molecule has 2 heterocycles. The maximum absolute atomic E-state index is 12.2. The second-order valence-corrected chi connectivity index (χ2v) is 6.01. The number of ether oxygens (including phenoxy) is 1. The quantitative estimate of drug-likeness (QED) is 0.802. The first-order valence-electron chi connectivity index (χ1n) is 6.32. The van der Waals surface area contributed by atoms with Crippen molar-refractivity contribution in [2.45, 2.75) is 19.4 Å². The number of terminal acetylenes is 1. The molecule has 6 nitrogen and oxygen atoms in total. The Bertz CT molecular complexity index is 541. The number of hydrogen-bond donors (Lipinski definition) is 2. The lowest BCUT2D eigenvalue weighted by Crippen LogP contribution is -2.42. The van der Waals surface area contributed by atoms with Gasteiger partial charge >= 0.3 is 0 Å². The van der Waals surface area contributed by atoms with Crippen LogP contribution >= 0.6 is 11.3 Å². The van der Waals surface area contributed by atoms with Gasteiger partial charge in [-0.1, -0.05) is 17.3 Å². The monoisotopic (exact) mass is 294 g/mol. The minimum atomic E-state index is -0.716. The molecule has 108 valence electrons. The average Bonchev–Trinajstić information content (AvgIpc) is 2.81. The van der Waals surface area contributed by atoms with Gasteiger partial charge in [-0.15, -0.1) is 6.42 Å². The van der Waals surface area contributed by atoms with E-state index in [9.17, 15) is 4.79 Å². The van der Waals surface area contributed by atoms with Gasteiger partial charge in [0.15, 0.2) is 5.13 Å². The van der Waals surface area contributed by atoms with E-state index in [1.807, 2.05) is 0 Å². The number of amides is 1. The summed E-state index contributed by atoms with van der Waals surface area (Å²) in [5.41, 5.74) is 5.12. The van der Waals surface area contributed by atoms with E-state index in [2.05, 4.69) is 21.1 Å². The van der Waals surface area contributed by atoms with Gasteiger partial charge in [-0.3, -0.25) is 4.79 Å². The van der Waals surface area contributed by atoms with Crippen molar-refractivity contribution in [1.82, 2.24) is 10.3 Å². The molecule has 3 N–H and O–H groups in total. The first kappa shape index (κ1) is 14.6. The molecule has 7 heteroatoms. The van der Waals surface area contributed by atoms with Crippen molar-refractivity contribution in [3.63, 3.8) is 0 Å². The van der Waals surface area contributed by atoms with Crippen molar-refractivity contribution in [2.24, 2.45) is 0 Å². The number of carbonyl (C=O) groups is 1. The van der Waals surface area contributed by atoms with Crippen molar-refractivity contribution in [3.8, 4) is 12.3 Å². The van der Waals surface area contributed by atoms with E-state index in [1.165, 1.54) is 11.3 Å². The van der Waals surface area contributed by atoms with E-state index in [-0.39, 0.29) is 11.7 Å². The van der Waals surface area contributed by atoms with Gasteiger partial charge in [-0.2, -0.15) is 0 Å². The minimum Gasteiger partial charge on any atom is -0.382 e. The fraction of sp³-hybridized carbons (Fsp3) is 0.538. The summed E-state index contributed by atoms with van der Waals surface area (Å²) in [7, 11) is 0. The Balaban J connectivity index is 2.15. The molecule has 0 aromatic carbocycles. The molecule has 2 rings (SSSR count). The summed E-state index contributed by atoms with van der Waals surface area (Å²) in [5, 5.41) is 3.50. The molecule has 0 aliphatic carbocycles. The molecule has 0 spiro atoms. The lowest BCUT2D eigenvalue weighted by Gasteiger charge is -2.25. The number of rotatable bonds is 3. The largest absolute Gasteiger partial charge is 0.382 e. The first-order chi connectivity index (χ1) is 9.43. The molecule has 0 atom stereocenters. The fourth-order valence-corrected chi connectivity index (χ4v) is 2.68. The van der Waals surface area contributed by atoms with Crippen LogP contribution in [0.4, 0.5) is 10.9 Å². The molecule has 0 radical (unpaired) electrons. The summed E-state index contributed by atoms with van der Waals surface area (Å²) >= 11 is 1.28. The van der Waals surface area contributed by atoms with E-state index in [4.69, 9.17) is 16.9 Å². The number of nitrogen functional groups attached to an aromatic ring is 1. The zero-order valence-electron chi connectivity index (χ0n) is 11.6. The normalized spacial score (nSPS) is 15.8. The molecule has 1 aromatic heterocycles. The standard InChI is InChI=1S/C13H18N4O2S/c1-4-13(2,3)16-11(18)9-10(14)15-12(20-9)17-5-7-19-8-6-17/h1H,5-8,14H2,2-3H3,(H,16,18). The van der Waals surface area contributed by atoms with Gasteiger partial charge in [-0.05, 0) is 13.8 Å². The Morgan fingerprint density at radius 3 is 2.80 bits per heavy atom. The number of aromatic nitrogens is 1. The van der Waals surface area contributed by atoms with E-state index >= 15 is 0 Å². The number of anilines is 2. The van der Waals surface area contributed by atoms with Crippen molar-refractivity contribution >= 4 is 28.2 Å². The molecule has 1 saturated heterocycles. The van der Waals surface area contributed by atoms with Crippen LogP contribution in [-0.4, -0.2) is 42.7 Å². The Morgan fingerprint density at radius 2 is 2.20 bits per heavy atom. The molecule has 0 bridgehead atoms. The number of nitrogens with one attached hydrogen (secondary N) is 1. The first-order valence-corrected chi connectivity index (χ1v) is 7.14. The predicted molar refractivity (Wildman–Crippen MR) is 79.9 cm³/mol. The third-order valence-corrected chi connectivity index (χ3v) is 4.05. The van der Waals surface area contributed by atoms with Crippen LogP contribution in [0.5, 0.6) is 0 Å². The molecular weight excluding hydrogens is 276 g/mol. The molecule has 0 saturated carbocycles. The summed E-state index contributed by atoms with van der Waals surface area (Å²) in [5.74, 6) is 2.46. The van der Waals surface area contributed by atoms with Gasteiger partial charge in [0, 0.05) is 13.1 Å². The van der Waals surface area contributed by atoms with Crippen molar-refractivity contribution in [1.29, 1.82) is 0 Å². The van der Waals surface area contributed by atoms with Crippen molar-refractivity contribution < 1.29 is 9.53 Å². The summed E-state index contributed by atoms with van der Waals surface area (Å²) < 4.78 is 5.29. The van der Waals surface area contributed by atoms with Crippen LogP contribution in [0, 0.1) is 12.3 Å². The van der Waals surface area contributed by atoms with Crippen LogP contribution in [0.15, 0.2) is 0 Å². The Hall–Kier alpha value is -1.78. The summed E-state index contributed by atoms with van der Waals surface area (Å²) in [4.78, 5) is 18.9. The van der Waals surface area contributed by atoms with Crippen LogP contribution in [-0.2, 0) is 4.74 Å². The topological polar surface area (TPSA) is 80.5 Å². The SMILES string of the molecule is C#CC(C)(C)NC(=O)c1sc(N2CCOCC2)nc1N. The highest BCUT2D eigenvalue weighted by Crippen LogP contribution is 2.28. The van der Waals surface area contributed by atoms with Gasteiger partial charge in [0.2, 0.25) is 0 Å². The minimum absolute atomic E-state index is 0.238. The van der Waals surface area contributed by atoms with Crippen LogP contribution in [0.3, 0.4) is 0 Å². The van der Waals surface area contributed by atoms with Gasteiger partial charge in [0.25, 0.3) is 5.91 Å². The number of nitrogens with zero attached hydrogens (tertiary/aromatic N) is 2. The second-order valence-electron chi connectivity index (χ2n) is 5.03. The number of nitrogens with two attached hydrogens (primary N) is 1. The molecule has 1 aliphatic rings. The number of carbonyl (C=O) groups excluding carboxylic acids is 1. The molecule has 1 aliphatic heterocycles. The zero-order chi connectivity index (χ0) is 14.8. The molecule has 1 amide bonds. The van der Waals surface area contributed by atoms with Crippen LogP contribution < -0.4 is 16.0 Å². The highest BCUT2D eigenvalue weighted by molar-refractivity contribution is 7.18.